The number of benzene rings is 2. The highest BCUT2D eigenvalue weighted by Crippen LogP contribution is 2.44. The van der Waals surface area contributed by atoms with Crippen LogP contribution in [0.5, 0.6) is 11.5 Å². The van der Waals surface area contributed by atoms with Gasteiger partial charge in [0.25, 0.3) is 0 Å². The normalized spacial score (nSPS) is 12.1. The molecule has 0 saturated heterocycles. The molecule has 0 N–H and O–H groups in total. The van der Waals surface area contributed by atoms with E-state index in [1.165, 1.54) is 20.3 Å². The molecule has 0 aromatic heterocycles. The van der Waals surface area contributed by atoms with Crippen LogP contribution in [0.15, 0.2) is 30.3 Å². The van der Waals surface area contributed by atoms with Crippen LogP contribution in [-0.4, -0.2) is 14.2 Å². The van der Waals surface area contributed by atoms with Crippen molar-refractivity contribution in [3.05, 3.63) is 58.1 Å². The summed E-state index contributed by atoms with van der Waals surface area (Å²) in [5.74, 6) is -0.904. The first kappa shape index (κ1) is 16.0. The molecule has 0 aliphatic carbocycles. The molecule has 21 heavy (non-hydrogen) atoms. The predicted octanol–water partition coefficient (Wildman–Crippen LogP) is 5.12. The van der Waals surface area contributed by atoms with Crippen LogP contribution in [0.1, 0.15) is 16.0 Å². The number of rotatable bonds is 4. The Morgan fingerprint density at radius 1 is 1.05 bits per heavy atom. The van der Waals surface area contributed by atoms with E-state index in [1.54, 1.807) is 12.1 Å². The van der Waals surface area contributed by atoms with Crippen LogP contribution in [0.3, 0.4) is 0 Å². The minimum atomic E-state index is -0.907. The van der Waals surface area contributed by atoms with Gasteiger partial charge in [-0.15, -0.1) is 0 Å². The molecular formula is C15H12BrClF2O2. The van der Waals surface area contributed by atoms with Gasteiger partial charge in [0.15, 0.2) is 11.6 Å². The Bertz CT molecular complexity index is 664. The Hall–Kier alpha value is -1.33. The predicted molar refractivity (Wildman–Crippen MR) is 81.7 cm³/mol. The maximum Gasteiger partial charge on any atom is 0.159 e. The maximum absolute atomic E-state index is 13.4. The Morgan fingerprint density at radius 3 is 2.33 bits per heavy atom. The molecule has 0 spiro atoms. The fourth-order valence-corrected chi connectivity index (χ4v) is 2.94. The fourth-order valence-electron chi connectivity index (χ4n) is 1.97. The Balaban J connectivity index is 2.50. The first-order valence-corrected chi connectivity index (χ1v) is 7.28. The van der Waals surface area contributed by atoms with Gasteiger partial charge in [0.1, 0.15) is 16.5 Å². The summed E-state index contributed by atoms with van der Waals surface area (Å²) < 4.78 is 36.8. The van der Waals surface area contributed by atoms with Gasteiger partial charge in [-0.25, -0.2) is 8.78 Å². The zero-order valence-corrected chi connectivity index (χ0v) is 13.6. The molecule has 2 aromatic rings. The van der Waals surface area contributed by atoms with Gasteiger partial charge in [-0.1, -0.05) is 39.7 Å². The van der Waals surface area contributed by atoms with Crippen molar-refractivity contribution in [3.63, 3.8) is 0 Å². The third-order valence-electron chi connectivity index (χ3n) is 3.03. The number of methoxy groups -OCH3 is 2. The topological polar surface area (TPSA) is 18.5 Å². The molecule has 0 heterocycles. The molecular weight excluding hydrogens is 366 g/mol. The van der Waals surface area contributed by atoms with Crippen molar-refractivity contribution in [1.29, 1.82) is 0 Å². The van der Waals surface area contributed by atoms with Gasteiger partial charge in [-0.3, -0.25) is 0 Å². The fraction of sp³-hybridized carbons (Fsp3) is 0.200. The standard InChI is InChI=1S/C15H12BrClF2O2/c1-20-12-6-4-9(15(21-2)14(12)17)13(16)8-3-5-10(18)11(19)7-8/h3-7,13H,1-2H3. The smallest absolute Gasteiger partial charge is 0.159 e. The van der Waals surface area contributed by atoms with Crippen LogP contribution in [0.25, 0.3) is 0 Å². The van der Waals surface area contributed by atoms with Crippen molar-refractivity contribution in [2.45, 2.75) is 4.83 Å². The van der Waals surface area contributed by atoms with Crippen LogP contribution < -0.4 is 9.47 Å². The van der Waals surface area contributed by atoms with Crippen molar-refractivity contribution >= 4 is 27.5 Å². The second-order valence-corrected chi connectivity index (χ2v) is 5.53. The number of hydrogen-bond acceptors (Lipinski definition) is 2. The monoisotopic (exact) mass is 376 g/mol. The van der Waals surface area contributed by atoms with E-state index in [0.29, 0.717) is 27.6 Å². The molecule has 2 aromatic carbocycles. The summed E-state index contributed by atoms with van der Waals surface area (Å²) in [6, 6.07) is 7.15. The lowest BCUT2D eigenvalue weighted by atomic mass is 10.0. The van der Waals surface area contributed by atoms with Crippen molar-refractivity contribution in [1.82, 2.24) is 0 Å². The van der Waals surface area contributed by atoms with Gasteiger partial charge in [0.05, 0.1) is 19.0 Å². The molecule has 6 heteroatoms. The zero-order valence-electron chi connectivity index (χ0n) is 11.3. The van der Waals surface area contributed by atoms with E-state index in [-0.39, 0.29) is 0 Å². The van der Waals surface area contributed by atoms with Crippen LogP contribution in [0.4, 0.5) is 8.78 Å². The minimum absolute atomic E-state index is 0.324. The summed E-state index contributed by atoms with van der Waals surface area (Å²) in [5, 5.41) is 0.324. The van der Waals surface area contributed by atoms with E-state index >= 15 is 0 Å². The van der Waals surface area contributed by atoms with Gasteiger partial charge >= 0.3 is 0 Å². The Kier molecular flexibility index (Phi) is 5.06. The molecule has 0 bridgehead atoms. The highest BCUT2D eigenvalue weighted by molar-refractivity contribution is 9.09. The summed E-state index contributed by atoms with van der Waals surface area (Å²) in [5.41, 5.74) is 1.24. The van der Waals surface area contributed by atoms with Crippen LogP contribution in [0, 0.1) is 11.6 Å². The number of hydrogen-bond donors (Lipinski definition) is 0. The second kappa shape index (κ2) is 6.62. The van der Waals surface area contributed by atoms with Gasteiger partial charge in [0.2, 0.25) is 0 Å². The van der Waals surface area contributed by atoms with E-state index in [0.717, 1.165) is 12.1 Å². The van der Waals surface area contributed by atoms with Crippen molar-refractivity contribution < 1.29 is 18.3 Å². The van der Waals surface area contributed by atoms with Gasteiger partial charge in [-0.2, -0.15) is 0 Å². The van der Waals surface area contributed by atoms with E-state index in [9.17, 15) is 8.78 Å². The van der Waals surface area contributed by atoms with Gasteiger partial charge < -0.3 is 9.47 Å². The lowest BCUT2D eigenvalue weighted by Gasteiger charge is -2.17. The van der Waals surface area contributed by atoms with Crippen molar-refractivity contribution in [2.75, 3.05) is 14.2 Å². The minimum Gasteiger partial charge on any atom is -0.495 e. The molecule has 0 amide bonds. The third kappa shape index (κ3) is 3.14. The average Bonchev–Trinajstić information content (AvgIpc) is 2.49. The molecule has 1 unspecified atom stereocenters. The largest absolute Gasteiger partial charge is 0.495 e. The molecule has 0 aliphatic rings. The van der Waals surface area contributed by atoms with Crippen molar-refractivity contribution in [2.24, 2.45) is 0 Å². The summed E-state index contributed by atoms with van der Waals surface area (Å²) in [4.78, 5) is -0.397. The van der Waals surface area contributed by atoms with E-state index in [1.807, 2.05) is 0 Å². The molecule has 0 saturated carbocycles. The average molecular weight is 378 g/mol. The van der Waals surface area contributed by atoms with E-state index in [2.05, 4.69) is 15.9 Å². The first-order valence-electron chi connectivity index (χ1n) is 5.99. The highest BCUT2D eigenvalue weighted by Gasteiger charge is 2.21. The summed E-state index contributed by atoms with van der Waals surface area (Å²) >= 11 is 9.65. The number of alkyl halides is 1. The van der Waals surface area contributed by atoms with E-state index in [4.69, 9.17) is 21.1 Å². The maximum atomic E-state index is 13.4. The lowest BCUT2D eigenvalue weighted by Crippen LogP contribution is -2.00. The van der Waals surface area contributed by atoms with Crippen molar-refractivity contribution in [3.8, 4) is 11.5 Å². The first-order chi connectivity index (χ1) is 9.99. The summed E-state index contributed by atoms with van der Waals surface area (Å²) in [6.07, 6.45) is 0. The molecule has 0 radical (unpaired) electrons. The quantitative estimate of drug-likeness (QED) is 0.689. The summed E-state index contributed by atoms with van der Waals surface area (Å²) in [7, 11) is 2.98. The van der Waals surface area contributed by atoms with Crippen LogP contribution >= 0.6 is 27.5 Å². The van der Waals surface area contributed by atoms with Crippen LogP contribution in [-0.2, 0) is 0 Å². The second-order valence-electron chi connectivity index (χ2n) is 4.24. The molecule has 0 aliphatic heterocycles. The van der Waals surface area contributed by atoms with E-state index < -0.39 is 16.5 Å². The molecule has 1 atom stereocenters. The van der Waals surface area contributed by atoms with Gasteiger partial charge in [0, 0.05) is 5.56 Å². The number of ether oxygens (including phenoxy) is 2. The third-order valence-corrected chi connectivity index (χ3v) is 4.41. The van der Waals surface area contributed by atoms with Crippen LogP contribution in [0.2, 0.25) is 5.02 Å². The molecule has 0 fully saturated rings. The highest BCUT2D eigenvalue weighted by atomic mass is 79.9. The molecule has 2 rings (SSSR count). The summed E-state index contributed by atoms with van der Waals surface area (Å²) in [6.45, 7) is 0. The molecule has 112 valence electrons. The lowest BCUT2D eigenvalue weighted by molar-refractivity contribution is 0.392. The zero-order chi connectivity index (χ0) is 15.6. The Labute approximate surface area is 134 Å². The van der Waals surface area contributed by atoms with Gasteiger partial charge in [-0.05, 0) is 23.8 Å². The Morgan fingerprint density at radius 2 is 1.76 bits per heavy atom. The number of halogens is 4. The molecule has 2 nitrogen and oxygen atoms in total. The SMILES string of the molecule is COc1ccc(C(Br)c2ccc(F)c(F)c2)c(OC)c1Cl.